The molecule has 10 heteroatoms. The lowest BCUT2D eigenvalue weighted by atomic mass is 10.2. The van der Waals surface area contributed by atoms with Crippen LogP contribution in [0.2, 0.25) is 18.6 Å². The van der Waals surface area contributed by atoms with Crippen LogP contribution < -0.4 is 0 Å². The third kappa shape index (κ3) is 9.05. The Kier molecular flexibility index (Phi) is 15.0. The van der Waals surface area contributed by atoms with Gasteiger partial charge in [-0.3, -0.25) is 0 Å². The number of carbonyl (C=O) groups excluding carboxylic acids is 1. The lowest BCUT2D eigenvalue weighted by Crippen LogP contribution is -2.65. The second kappa shape index (κ2) is 15.3. The molecule has 0 saturated carbocycles. The van der Waals surface area contributed by atoms with Crippen LogP contribution in [-0.4, -0.2) is 76.8 Å². The quantitative estimate of drug-likeness (QED) is 0.128. The van der Waals surface area contributed by atoms with E-state index in [4.69, 9.17) is 31.9 Å². The van der Waals surface area contributed by atoms with E-state index in [0.29, 0.717) is 25.4 Å². The van der Waals surface area contributed by atoms with Gasteiger partial charge in [0.05, 0.1) is 6.61 Å². The van der Waals surface area contributed by atoms with Crippen LogP contribution in [-0.2, 0) is 36.7 Å². The molecular formula is C21H44O8Si2. The van der Waals surface area contributed by atoms with Crippen LogP contribution in [0, 0.1) is 0 Å². The molecule has 0 aromatic rings. The van der Waals surface area contributed by atoms with Crippen molar-refractivity contribution >= 4 is 23.1 Å². The van der Waals surface area contributed by atoms with Gasteiger partial charge in [-0.15, -0.1) is 0 Å². The summed E-state index contributed by atoms with van der Waals surface area (Å²) in [6, 6.07) is 1.76. The van der Waals surface area contributed by atoms with Gasteiger partial charge in [-0.25, -0.2) is 4.79 Å². The Balaban J connectivity index is 0.000000590. The molecule has 0 spiro atoms. The van der Waals surface area contributed by atoms with Gasteiger partial charge in [0.1, 0.15) is 0 Å². The fourth-order valence-electron chi connectivity index (χ4n) is 3.77. The molecule has 8 nitrogen and oxygen atoms in total. The maximum atomic E-state index is 11.1. The first kappa shape index (κ1) is 30.4. The average molecular weight is 481 g/mol. The predicted molar refractivity (Wildman–Crippen MR) is 125 cm³/mol. The number of hydrogen-bond donors (Lipinski definition) is 0. The Hall–Kier alpha value is -0.596. The van der Waals surface area contributed by atoms with Crippen LogP contribution in [0.4, 0.5) is 0 Å². The second-order valence-corrected chi connectivity index (χ2v) is 14.5. The smallest absolute Gasteiger partial charge is 0.399 e. The Morgan fingerprint density at radius 2 is 1.58 bits per heavy atom. The van der Waals surface area contributed by atoms with Gasteiger partial charge < -0.3 is 31.9 Å². The van der Waals surface area contributed by atoms with E-state index in [0.717, 1.165) is 37.8 Å². The zero-order valence-corrected chi connectivity index (χ0v) is 22.8. The fourth-order valence-corrected chi connectivity index (χ4v) is 9.62. The Morgan fingerprint density at radius 3 is 1.97 bits per heavy atom. The molecule has 1 aliphatic rings. The summed E-state index contributed by atoms with van der Waals surface area (Å²) in [7, 11) is 2.28. The Labute approximate surface area is 191 Å². The number of rotatable bonds is 13. The van der Waals surface area contributed by atoms with Gasteiger partial charge in [-0.2, -0.15) is 0 Å². The van der Waals surface area contributed by atoms with Crippen molar-refractivity contribution in [2.24, 2.45) is 0 Å². The summed E-state index contributed by atoms with van der Waals surface area (Å²) in [6.45, 7) is 12.9. The van der Waals surface area contributed by atoms with E-state index >= 15 is 0 Å². The van der Waals surface area contributed by atoms with Crippen molar-refractivity contribution < 1.29 is 36.7 Å². The Morgan fingerprint density at radius 1 is 1.03 bits per heavy atom. The maximum Gasteiger partial charge on any atom is 0.399 e. The SMILES string of the molecule is C=C(C)C(=O)OCCC[Si](C)(OCC)OCC.COC1(OC)CCCC[Si]1(OC)OC. The first-order chi connectivity index (χ1) is 14.6. The fraction of sp³-hybridized carbons (Fsp3) is 0.857. The molecule has 0 unspecified atom stereocenters. The first-order valence-electron chi connectivity index (χ1n) is 11.0. The molecular weight excluding hydrogens is 436 g/mol. The summed E-state index contributed by atoms with van der Waals surface area (Å²) in [6.07, 6.45) is 3.85. The minimum atomic E-state index is -2.35. The van der Waals surface area contributed by atoms with Crippen LogP contribution in [0.1, 0.15) is 46.5 Å². The minimum absolute atomic E-state index is 0.332. The van der Waals surface area contributed by atoms with Gasteiger partial charge in [-0.05, 0) is 52.2 Å². The number of esters is 1. The highest BCUT2D eigenvalue weighted by atomic mass is 28.4. The molecule has 1 aliphatic heterocycles. The van der Waals surface area contributed by atoms with E-state index in [9.17, 15) is 4.79 Å². The lowest BCUT2D eigenvalue weighted by molar-refractivity contribution is -0.183. The van der Waals surface area contributed by atoms with Crippen molar-refractivity contribution in [3.8, 4) is 0 Å². The molecule has 0 bridgehead atoms. The number of hydrogen-bond acceptors (Lipinski definition) is 8. The topological polar surface area (TPSA) is 81.7 Å². The molecule has 1 heterocycles. The predicted octanol–water partition coefficient (Wildman–Crippen LogP) is 4.07. The van der Waals surface area contributed by atoms with Crippen molar-refractivity contribution in [1.29, 1.82) is 0 Å². The van der Waals surface area contributed by atoms with Crippen molar-refractivity contribution in [3.63, 3.8) is 0 Å². The molecule has 1 saturated heterocycles. The number of ether oxygens (including phenoxy) is 3. The van der Waals surface area contributed by atoms with Crippen LogP contribution in [0.5, 0.6) is 0 Å². The van der Waals surface area contributed by atoms with E-state index in [1.807, 2.05) is 20.4 Å². The maximum absolute atomic E-state index is 11.1. The summed E-state index contributed by atoms with van der Waals surface area (Å²) in [5.41, 5.74) is -0.200. The van der Waals surface area contributed by atoms with Crippen molar-refractivity contribution in [2.45, 2.75) is 70.5 Å². The highest BCUT2D eigenvalue weighted by molar-refractivity contribution is 6.70. The van der Waals surface area contributed by atoms with E-state index in [-0.39, 0.29) is 5.97 Å². The van der Waals surface area contributed by atoms with E-state index in [2.05, 4.69) is 6.58 Å². The second-order valence-electron chi connectivity index (χ2n) is 7.55. The van der Waals surface area contributed by atoms with Crippen LogP contribution in [0.15, 0.2) is 12.2 Å². The highest BCUT2D eigenvalue weighted by Crippen LogP contribution is 2.40. The zero-order chi connectivity index (χ0) is 24.0. The van der Waals surface area contributed by atoms with Gasteiger partial charge in [0.25, 0.3) is 0 Å². The molecule has 0 aromatic carbocycles. The van der Waals surface area contributed by atoms with Gasteiger partial charge >= 0.3 is 23.1 Å². The zero-order valence-electron chi connectivity index (χ0n) is 20.8. The molecule has 31 heavy (non-hydrogen) atoms. The van der Waals surface area contributed by atoms with Crippen molar-refractivity contribution in [2.75, 3.05) is 48.3 Å². The minimum Gasteiger partial charge on any atom is -0.462 e. The number of methoxy groups -OCH3 is 2. The summed E-state index contributed by atoms with van der Waals surface area (Å²) < 4.78 is 38.6. The molecule has 184 valence electrons. The third-order valence-corrected chi connectivity index (χ3v) is 12.6. The van der Waals surface area contributed by atoms with Gasteiger partial charge in [0, 0.05) is 53.6 Å². The summed E-state index contributed by atoms with van der Waals surface area (Å²) in [5.74, 6) is -0.332. The van der Waals surface area contributed by atoms with Crippen molar-refractivity contribution in [3.05, 3.63) is 12.2 Å². The molecule has 0 atom stereocenters. The summed E-state index contributed by atoms with van der Waals surface area (Å²) in [4.78, 5) is 11.1. The average Bonchev–Trinajstić information content (AvgIpc) is 2.77. The van der Waals surface area contributed by atoms with Gasteiger partial charge in [-0.1, -0.05) is 13.0 Å². The Bertz CT molecular complexity index is 496. The third-order valence-electron chi connectivity index (χ3n) is 5.42. The highest BCUT2D eigenvalue weighted by Gasteiger charge is 2.60. The van der Waals surface area contributed by atoms with E-state index in [1.165, 1.54) is 0 Å². The largest absolute Gasteiger partial charge is 0.462 e. The molecule has 0 amide bonds. The van der Waals surface area contributed by atoms with Gasteiger partial charge in [0.15, 0.2) is 0 Å². The summed E-state index contributed by atoms with van der Waals surface area (Å²) >= 11 is 0. The normalized spacial score (nSPS) is 17.4. The molecule has 0 N–H and O–H groups in total. The first-order valence-corrected chi connectivity index (χ1v) is 15.5. The van der Waals surface area contributed by atoms with Crippen LogP contribution in [0.25, 0.3) is 0 Å². The van der Waals surface area contributed by atoms with E-state index < -0.39 is 22.5 Å². The summed E-state index contributed by atoms with van der Waals surface area (Å²) in [5, 5.41) is 0. The van der Waals surface area contributed by atoms with Crippen LogP contribution >= 0.6 is 0 Å². The molecule has 0 radical (unpaired) electrons. The lowest BCUT2D eigenvalue weighted by Gasteiger charge is -2.46. The van der Waals surface area contributed by atoms with Crippen LogP contribution in [0.3, 0.4) is 0 Å². The molecule has 0 aliphatic carbocycles. The number of carbonyl (C=O) groups is 1. The monoisotopic (exact) mass is 480 g/mol. The van der Waals surface area contributed by atoms with E-state index in [1.54, 1.807) is 35.4 Å². The van der Waals surface area contributed by atoms with Gasteiger partial charge in [0.2, 0.25) is 5.41 Å². The molecule has 0 aromatic heterocycles. The molecule has 1 fully saturated rings. The van der Waals surface area contributed by atoms with Crippen molar-refractivity contribution in [1.82, 2.24) is 0 Å². The standard InChI is InChI=1S/C12H24O4Si.C9H20O4Si/c1-6-15-17(5,16-7-2)10-8-9-14-12(13)11(3)4;1-10-9(11-2)7-5-6-8-14(9,12-3)13-4/h3,6-10H2,1-2,4-5H3;5-8H2,1-4H3. The molecule has 1 rings (SSSR count).